The number of hydrogen-bond acceptors (Lipinski definition) is 2. The minimum absolute atomic E-state index is 0.791. The van der Waals surface area contributed by atoms with E-state index < -0.39 is 0 Å². The second kappa shape index (κ2) is 5.72. The molecule has 0 unspecified atom stereocenters. The third-order valence-corrected chi connectivity index (χ3v) is 3.24. The molecule has 1 rings (SSSR count). The van der Waals surface area contributed by atoms with Crippen molar-refractivity contribution in [1.82, 2.24) is 10.2 Å². The first kappa shape index (κ1) is 12.0. The molecule has 0 saturated carbocycles. The Labute approximate surface area is 89.1 Å². The van der Waals surface area contributed by atoms with Gasteiger partial charge in [0.15, 0.2) is 0 Å². The number of hydrogen-bond donors (Lipinski definition) is 1. The average Bonchev–Trinajstić information content (AvgIpc) is 2.50. The Morgan fingerprint density at radius 3 is 2.50 bits per heavy atom. The third-order valence-electron chi connectivity index (χ3n) is 3.24. The van der Waals surface area contributed by atoms with Crippen LogP contribution in [0.25, 0.3) is 0 Å². The van der Waals surface area contributed by atoms with E-state index in [0.29, 0.717) is 0 Å². The van der Waals surface area contributed by atoms with E-state index in [0.717, 1.165) is 17.8 Å². The van der Waals surface area contributed by atoms with E-state index in [1.54, 1.807) is 0 Å². The third kappa shape index (κ3) is 3.58. The molecular formula is C12H26N2. The molecule has 0 radical (unpaired) electrons. The minimum atomic E-state index is 0.791. The predicted octanol–water partition coefficient (Wildman–Crippen LogP) is 1.82. The zero-order chi connectivity index (χ0) is 10.6. The van der Waals surface area contributed by atoms with Gasteiger partial charge in [0, 0.05) is 13.1 Å². The van der Waals surface area contributed by atoms with E-state index in [9.17, 15) is 0 Å². The molecule has 0 bridgehead atoms. The Bertz CT molecular complexity index is 156. The van der Waals surface area contributed by atoms with Crippen LogP contribution in [0.15, 0.2) is 0 Å². The van der Waals surface area contributed by atoms with Gasteiger partial charge in [-0.3, -0.25) is 0 Å². The number of nitrogens with one attached hydrogen (secondary N) is 1. The van der Waals surface area contributed by atoms with Gasteiger partial charge in [-0.15, -0.1) is 0 Å². The van der Waals surface area contributed by atoms with Crippen LogP contribution in [0.2, 0.25) is 0 Å². The summed E-state index contributed by atoms with van der Waals surface area (Å²) in [6.07, 6.45) is 0. The van der Waals surface area contributed by atoms with Gasteiger partial charge in [0.05, 0.1) is 0 Å². The summed E-state index contributed by atoms with van der Waals surface area (Å²) >= 11 is 0. The van der Waals surface area contributed by atoms with Gasteiger partial charge in [-0.2, -0.15) is 0 Å². The highest BCUT2D eigenvalue weighted by atomic mass is 15.1. The second-order valence-corrected chi connectivity index (χ2v) is 5.14. The monoisotopic (exact) mass is 198 g/mol. The maximum atomic E-state index is 3.48. The summed E-state index contributed by atoms with van der Waals surface area (Å²) in [7, 11) is 0. The molecule has 0 aromatic heterocycles. The van der Waals surface area contributed by atoms with E-state index in [4.69, 9.17) is 0 Å². The maximum absolute atomic E-state index is 3.48. The van der Waals surface area contributed by atoms with Crippen molar-refractivity contribution >= 4 is 0 Å². The van der Waals surface area contributed by atoms with Crippen molar-refractivity contribution in [1.29, 1.82) is 0 Å². The van der Waals surface area contributed by atoms with Gasteiger partial charge in [-0.25, -0.2) is 0 Å². The molecule has 2 atom stereocenters. The lowest BCUT2D eigenvalue weighted by atomic mass is 9.97. The van der Waals surface area contributed by atoms with Crippen molar-refractivity contribution in [3.63, 3.8) is 0 Å². The first-order chi connectivity index (χ1) is 6.63. The highest BCUT2D eigenvalue weighted by Crippen LogP contribution is 2.17. The summed E-state index contributed by atoms with van der Waals surface area (Å²) < 4.78 is 0. The molecule has 1 N–H and O–H groups in total. The lowest BCUT2D eigenvalue weighted by molar-refractivity contribution is 0.207. The summed E-state index contributed by atoms with van der Waals surface area (Å²) in [6.45, 7) is 15.4. The van der Waals surface area contributed by atoms with Gasteiger partial charge in [-0.05, 0) is 37.4 Å². The Morgan fingerprint density at radius 1 is 1.36 bits per heavy atom. The standard InChI is InChI=1S/C12H26N2/c1-5-14(8-10(2)3)9-12-7-13-6-11(12)4/h10-13H,5-9H2,1-4H3/t11-,12+/m1/s1. The van der Waals surface area contributed by atoms with Crippen molar-refractivity contribution in [3.8, 4) is 0 Å². The van der Waals surface area contributed by atoms with Crippen molar-refractivity contribution < 1.29 is 0 Å². The van der Waals surface area contributed by atoms with Crippen LogP contribution in [-0.4, -0.2) is 37.6 Å². The molecule has 2 nitrogen and oxygen atoms in total. The Balaban J connectivity index is 2.31. The zero-order valence-electron chi connectivity index (χ0n) is 10.2. The molecule has 1 aliphatic rings. The van der Waals surface area contributed by atoms with Crippen molar-refractivity contribution in [2.24, 2.45) is 17.8 Å². The smallest absolute Gasteiger partial charge is 0.00248 e. The van der Waals surface area contributed by atoms with E-state index in [-0.39, 0.29) is 0 Å². The maximum Gasteiger partial charge on any atom is 0.00248 e. The van der Waals surface area contributed by atoms with E-state index >= 15 is 0 Å². The Morgan fingerprint density at radius 2 is 2.07 bits per heavy atom. The highest BCUT2D eigenvalue weighted by Gasteiger charge is 2.24. The molecule has 0 aromatic carbocycles. The first-order valence-corrected chi connectivity index (χ1v) is 6.06. The zero-order valence-corrected chi connectivity index (χ0v) is 10.2. The molecule has 84 valence electrons. The molecule has 2 heteroatoms. The van der Waals surface area contributed by atoms with E-state index in [1.807, 2.05) is 0 Å². The fraction of sp³-hybridized carbons (Fsp3) is 1.00. The van der Waals surface area contributed by atoms with Gasteiger partial charge in [0.1, 0.15) is 0 Å². The summed E-state index contributed by atoms with van der Waals surface area (Å²) in [5.74, 6) is 2.52. The van der Waals surface area contributed by atoms with E-state index in [1.165, 1.54) is 32.7 Å². The molecule has 1 saturated heterocycles. The summed E-state index contributed by atoms with van der Waals surface area (Å²) in [4.78, 5) is 2.60. The normalized spacial score (nSPS) is 27.9. The highest BCUT2D eigenvalue weighted by molar-refractivity contribution is 4.80. The molecule has 1 heterocycles. The van der Waals surface area contributed by atoms with Gasteiger partial charge in [0.2, 0.25) is 0 Å². The first-order valence-electron chi connectivity index (χ1n) is 6.06. The lowest BCUT2D eigenvalue weighted by Gasteiger charge is -2.27. The van der Waals surface area contributed by atoms with Crippen LogP contribution < -0.4 is 5.32 Å². The summed E-state index contributed by atoms with van der Waals surface area (Å²) in [5, 5.41) is 3.48. The van der Waals surface area contributed by atoms with Gasteiger partial charge < -0.3 is 10.2 Å². The Hall–Kier alpha value is -0.0800. The molecular weight excluding hydrogens is 172 g/mol. The Kier molecular flexibility index (Phi) is 4.90. The molecule has 0 amide bonds. The molecule has 14 heavy (non-hydrogen) atoms. The van der Waals surface area contributed by atoms with Gasteiger partial charge in [-0.1, -0.05) is 27.7 Å². The van der Waals surface area contributed by atoms with Crippen LogP contribution in [0.1, 0.15) is 27.7 Å². The fourth-order valence-electron chi connectivity index (χ4n) is 2.29. The second-order valence-electron chi connectivity index (χ2n) is 5.14. The van der Waals surface area contributed by atoms with Crippen LogP contribution in [0.4, 0.5) is 0 Å². The summed E-state index contributed by atoms with van der Waals surface area (Å²) in [6, 6.07) is 0. The quantitative estimate of drug-likeness (QED) is 0.725. The molecule has 1 aliphatic heterocycles. The average molecular weight is 198 g/mol. The van der Waals surface area contributed by atoms with Crippen LogP contribution in [0.3, 0.4) is 0 Å². The SMILES string of the molecule is CCN(CC(C)C)C[C@@H]1CNC[C@H]1C. The van der Waals surface area contributed by atoms with Gasteiger partial charge in [0.25, 0.3) is 0 Å². The van der Waals surface area contributed by atoms with Gasteiger partial charge >= 0.3 is 0 Å². The predicted molar refractivity (Wildman–Crippen MR) is 62.5 cm³/mol. The number of nitrogens with zero attached hydrogens (tertiary/aromatic N) is 1. The number of rotatable bonds is 5. The molecule has 0 spiro atoms. The topological polar surface area (TPSA) is 15.3 Å². The largest absolute Gasteiger partial charge is 0.316 e. The van der Waals surface area contributed by atoms with Crippen molar-refractivity contribution in [2.45, 2.75) is 27.7 Å². The molecule has 0 aliphatic carbocycles. The van der Waals surface area contributed by atoms with Crippen LogP contribution in [0, 0.1) is 17.8 Å². The molecule has 1 fully saturated rings. The van der Waals surface area contributed by atoms with Crippen molar-refractivity contribution in [3.05, 3.63) is 0 Å². The minimum Gasteiger partial charge on any atom is -0.316 e. The molecule has 0 aromatic rings. The van der Waals surface area contributed by atoms with Crippen LogP contribution >= 0.6 is 0 Å². The van der Waals surface area contributed by atoms with Crippen molar-refractivity contribution in [2.75, 3.05) is 32.7 Å². The van der Waals surface area contributed by atoms with E-state index in [2.05, 4.69) is 37.9 Å². The fourth-order valence-corrected chi connectivity index (χ4v) is 2.29. The van der Waals surface area contributed by atoms with Crippen LogP contribution in [0.5, 0.6) is 0 Å². The lowest BCUT2D eigenvalue weighted by Crippen LogP contribution is -2.34. The summed E-state index contributed by atoms with van der Waals surface area (Å²) in [5.41, 5.74) is 0. The van der Waals surface area contributed by atoms with Crippen LogP contribution in [-0.2, 0) is 0 Å².